The average molecular weight is 246 g/mol. The quantitative estimate of drug-likeness (QED) is 0.617. The highest BCUT2D eigenvalue weighted by atomic mass is 32.2. The molecule has 0 spiro atoms. The molecular formula is C11H8N3O2S-. The maximum absolute atomic E-state index is 12.1. The molecule has 17 heavy (non-hydrogen) atoms. The van der Waals surface area contributed by atoms with Crippen molar-refractivity contribution in [2.75, 3.05) is 0 Å². The minimum absolute atomic E-state index is 0.203. The van der Waals surface area contributed by atoms with Gasteiger partial charge in [0.15, 0.2) is 5.82 Å². The molecule has 2 aromatic rings. The molecule has 0 bridgehead atoms. The summed E-state index contributed by atoms with van der Waals surface area (Å²) in [6, 6.07) is 12.2. The first kappa shape index (κ1) is 11.4. The topological polar surface area (TPSA) is 77.7 Å². The molecule has 1 aromatic heterocycles. The summed E-state index contributed by atoms with van der Waals surface area (Å²) in [6.07, 6.45) is 1.42. The van der Waals surface area contributed by atoms with Crippen molar-refractivity contribution in [1.82, 2.24) is 4.98 Å². The van der Waals surface area contributed by atoms with Crippen molar-refractivity contribution in [2.45, 2.75) is 9.79 Å². The van der Waals surface area contributed by atoms with Crippen molar-refractivity contribution in [3.63, 3.8) is 0 Å². The Morgan fingerprint density at radius 3 is 2.41 bits per heavy atom. The molecule has 1 aromatic carbocycles. The van der Waals surface area contributed by atoms with Crippen molar-refractivity contribution >= 4 is 16.6 Å². The predicted molar refractivity (Wildman–Crippen MR) is 63.2 cm³/mol. The first-order valence-electron chi connectivity index (χ1n) is 4.77. The monoisotopic (exact) mass is 246 g/mol. The van der Waals surface area contributed by atoms with Crippen LogP contribution in [-0.4, -0.2) is 9.19 Å². The molecule has 2 rings (SSSR count). The van der Waals surface area contributed by atoms with Gasteiger partial charge in [0.1, 0.15) is 0 Å². The van der Waals surface area contributed by atoms with Crippen LogP contribution in [0.2, 0.25) is 0 Å². The Morgan fingerprint density at radius 2 is 1.82 bits per heavy atom. The maximum Gasteiger partial charge on any atom is 0.173 e. The van der Waals surface area contributed by atoms with E-state index in [9.17, 15) is 9.42 Å². The third-order valence-electron chi connectivity index (χ3n) is 2.04. The third-order valence-corrected chi connectivity index (χ3v) is 3.41. The van der Waals surface area contributed by atoms with Crippen molar-refractivity contribution in [2.24, 2.45) is 10.4 Å². The Balaban J connectivity index is 2.26. The molecular weight excluding hydrogens is 238 g/mol. The molecule has 1 heterocycles. The van der Waals surface area contributed by atoms with Gasteiger partial charge in [-0.05, 0) is 24.3 Å². The summed E-state index contributed by atoms with van der Waals surface area (Å²) in [5.41, 5.74) is 0. The molecule has 5 nitrogen and oxygen atoms in total. The SMILES string of the molecule is O=S(c1ccccc1)c1ccc(N=N[O-])nc1. The minimum Gasteiger partial charge on any atom is -0.775 e. The average Bonchev–Trinajstić information content (AvgIpc) is 2.40. The fraction of sp³-hybridized carbons (Fsp3) is 0. The van der Waals surface area contributed by atoms with Gasteiger partial charge in [-0.1, -0.05) is 18.2 Å². The Labute approximate surface area is 100 Å². The van der Waals surface area contributed by atoms with Gasteiger partial charge >= 0.3 is 0 Å². The van der Waals surface area contributed by atoms with Gasteiger partial charge in [0, 0.05) is 11.1 Å². The van der Waals surface area contributed by atoms with E-state index in [0.29, 0.717) is 9.79 Å². The van der Waals surface area contributed by atoms with Crippen LogP contribution in [0.15, 0.2) is 68.8 Å². The van der Waals surface area contributed by atoms with Gasteiger partial charge < -0.3 is 5.21 Å². The lowest BCUT2D eigenvalue weighted by atomic mass is 10.4. The summed E-state index contributed by atoms with van der Waals surface area (Å²) in [7, 11) is -1.27. The first-order chi connectivity index (χ1) is 8.31. The zero-order chi connectivity index (χ0) is 12.1. The van der Waals surface area contributed by atoms with E-state index in [2.05, 4.69) is 15.4 Å². The summed E-state index contributed by atoms with van der Waals surface area (Å²) in [6.45, 7) is 0. The van der Waals surface area contributed by atoms with Crippen molar-refractivity contribution in [3.8, 4) is 0 Å². The van der Waals surface area contributed by atoms with Crippen molar-refractivity contribution in [1.29, 1.82) is 0 Å². The Hall–Kier alpha value is -2.08. The van der Waals surface area contributed by atoms with Gasteiger partial charge in [0.2, 0.25) is 0 Å². The maximum atomic E-state index is 12.1. The van der Waals surface area contributed by atoms with E-state index < -0.39 is 10.8 Å². The molecule has 0 radical (unpaired) electrons. The van der Waals surface area contributed by atoms with Crippen LogP contribution in [0.5, 0.6) is 0 Å². The summed E-state index contributed by atoms with van der Waals surface area (Å²) in [5.74, 6) is 0.203. The van der Waals surface area contributed by atoms with Crippen LogP contribution in [0.1, 0.15) is 0 Å². The lowest BCUT2D eigenvalue weighted by molar-refractivity contribution is 0.683. The largest absolute Gasteiger partial charge is 0.775 e. The van der Waals surface area contributed by atoms with Crippen LogP contribution < -0.4 is 0 Å². The summed E-state index contributed by atoms with van der Waals surface area (Å²) in [5, 5.41) is 15.5. The Kier molecular flexibility index (Phi) is 3.56. The van der Waals surface area contributed by atoms with Gasteiger partial charge in [0.25, 0.3) is 0 Å². The van der Waals surface area contributed by atoms with E-state index in [0.717, 1.165) is 0 Å². The second-order valence-corrected chi connectivity index (χ2v) is 4.60. The highest BCUT2D eigenvalue weighted by molar-refractivity contribution is 7.85. The fourth-order valence-corrected chi connectivity index (χ4v) is 2.28. The number of nitrogens with zero attached hydrogens (tertiary/aromatic N) is 3. The number of hydrogen-bond acceptors (Lipinski definition) is 5. The number of benzene rings is 1. The van der Waals surface area contributed by atoms with Gasteiger partial charge in [-0.2, -0.15) is 0 Å². The van der Waals surface area contributed by atoms with Crippen LogP contribution in [0.4, 0.5) is 5.82 Å². The molecule has 0 N–H and O–H groups in total. The van der Waals surface area contributed by atoms with Crippen LogP contribution in [-0.2, 0) is 10.8 Å². The van der Waals surface area contributed by atoms with E-state index in [1.165, 1.54) is 12.3 Å². The smallest absolute Gasteiger partial charge is 0.173 e. The lowest BCUT2D eigenvalue weighted by Crippen LogP contribution is -1.92. The van der Waals surface area contributed by atoms with Crippen molar-refractivity contribution in [3.05, 3.63) is 53.9 Å². The number of rotatable bonds is 3. The van der Waals surface area contributed by atoms with Crippen LogP contribution in [0, 0.1) is 5.21 Å². The van der Waals surface area contributed by atoms with Crippen LogP contribution in [0.3, 0.4) is 0 Å². The fourth-order valence-electron chi connectivity index (χ4n) is 1.26. The highest BCUT2D eigenvalue weighted by Crippen LogP contribution is 2.17. The normalized spacial score (nSPS) is 12.7. The van der Waals surface area contributed by atoms with Crippen LogP contribution >= 0.6 is 0 Å². The molecule has 6 heteroatoms. The van der Waals surface area contributed by atoms with Crippen molar-refractivity contribution < 1.29 is 4.21 Å². The summed E-state index contributed by atoms with van der Waals surface area (Å²) >= 11 is 0. The zero-order valence-electron chi connectivity index (χ0n) is 8.69. The Bertz CT molecular complexity index is 540. The molecule has 0 saturated carbocycles. The van der Waals surface area contributed by atoms with Crippen LogP contribution in [0.25, 0.3) is 0 Å². The molecule has 0 saturated heterocycles. The molecule has 0 amide bonds. The molecule has 86 valence electrons. The van der Waals surface area contributed by atoms with E-state index in [1.54, 1.807) is 18.2 Å². The third kappa shape index (κ3) is 2.73. The molecule has 1 unspecified atom stereocenters. The molecule has 0 aliphatic heterocycles. The van der Waals surface area contributed by atoms with E-state index in [1.807, 2.05) is 18.2 Å². The Morgan fingerprint density at radius 1 is 1.06 bits per heavy atom. The van der Waals surface area contributed by atoms with E-state index in [4.69, 9.17) is 0 Å². The van der Waals surface area contributed by atoms with Gasteiger partial charge in [-0.25, -0.2) is 14.5 Å². The minimum atomic E-state index is -1.27. The van der Waals surface area contributed by atoms with E-state index >= 15 is 0 Å². The zero-order valence-corrected chi connectivity index (χ0v) is 9.50. The molecule has 0 fully saturated rings. The number of aromatic nitrogens is 1. The number of pyridine rings is 1. The highest BCUT2D eigenvalue weighted by Gasteiger charge is 2.06. The second-order valence-electron chi connectivity index (χ2n) is 3.12. The number of hydrogen-bond donors (Lipinski definition) is 0. The summed E-state index contributed by atoms with van der Waals surface area (Å²) < 4.78 is 12.1. The standard InChI is InChI=1S/C11H9N3O2S/c15-14-13-11-7-6-10(8-12-11)17(16)9-4-2-1-3-5-9/h1-8H,(H,12,13,15)/p-1. The lowest BCUT2D eigenvalue weighted by Gasteiger charge is -2.01. The second kappa shape index (κ2) is 5.31. The predicted octanol–water partition coefficient (Wildman–Crippen LogP) is 2.83. The van der Waals surface area contributed by atoms with E-state index in [-0.39, 0.29) is 5.82 Å². The molecule has 0 aliphatic carbocycles. The van der Waals surface area contributed by atoms with Gasteiger partial charge in [-0.15, -0.1) is 5.11 Å². The first-order valence-corrected chi connectivity index (χ1v) is 5.92. The summed E-state index contributed by atoms with van der Waals surface area (Å²) in [4.78, 5) is 5.12. The van der Waals surface area contributed by atoms with Gasteiger partial charge in [-0.3, -0.25) is 0 Å². The molecule has 0 aliphatic rings. The molecule has 1 atom stereocenters. The van der Waals surface area contributed by atoms with Gasteiger partial charge in [0.05, 0.1) is 15.7 Å².